The van der Waals surface area contributed by atoms with Crippen LogP contribution in [0.25, 0.3) is 22.5 Å². The Bertz CT molecular complexity index is 1090. The smallest absolute Gasteiger partial charge is 0.264 e. The number of methoxy groups -OCH3 is 2. The topological polar surface area (TPSA) is 62.3 Å². The van der Waals surface area contributed by atoms with E-state index in [2.05, 4.69) is 39.9 Å². The number of aryl methyl sites for hydroxylation is 1. The second kappa shape index (κ2) is 8.39. The van der Waals surface area contributed by atoms with Crippen molar-refractivity contribution < 1.29 is 13.9 Å². The molecule has 4 aromatic rings. The first-order chi connectivity index (χ1) is 14.2. The highest BCUT2D eigenvalue weighted by atomic mass is 16.5. The summed E-state index contributed by atoms with van der Waals surface area (Å²) in [5.74, 6) is 2.75. The van der Waals surface area contributed by atoms with Crippen LogP contribution in [0.3, 0.4) is 0 Å². The summed E-state index contributed by atoms with van der Waals surface area (Å²) < 4.78 is 19.0. The van der Waals surface area contributed by atoms with Crippen LogP contribution in [0.4, 0.5) is 0 Å². The Morgan fingerprint density at radius 3 is 2.45 bits per heavy atom. The number of ether oxygens (including phenoxy) is 2. The van der Waals surface area contributed by atoms with Crippen LogP contribution in [0.15, 0.2) is 52.9 Å². The molecule has 0 saturated heterocycles. The molecule has 0 saturated carbocycles. The second-order valence-corrected chi connectivity index (χ2v) is 7.00. The van der Waals surface area contributed by atoms with Gasteiger partial charge in [0.2, 0.25) is 5.89 Å². The molecule has 0 aliphatic heterocycles. The molecule has 2 heterocycles. The van der Waals surface area contributed by atoms with Crippen LogP contribution >= 0.6 is 0 Å². The summed E-state index contributed by atoms with van der Waals surface area (Å²) in [5.41, 5.74) is 3.08. The van der Waals surface area contributed by atoms with Crippen molar-refractivity contribution in [2.24, 2.45) is 0 Å². The van der Waals surface area contributed by atoms with Gasteiger partial charge in [0.15, 0.2) is 0 Å². The van der Waals surface area contributed by atoms with Crippen molar-refractivity contribution in [3.05, 3.63) is 60.0 Å². The Hall–Kier alpha value is -3.28. The summed E-state index contributed by atoms with van der Waals surface area (Å²) in [4.78, 5) is 0. The van der Waals surface area contributed by atoms with E-state index >= 15 is 0 Å². The third kappa shape index (κ3) is 3.97. The lowest BCUT2D eigenvalue weighted by atomic mass is 10.2. The zero-order valence-corrected chi connectivity index (χ0v) is 17.0. The fraction of sp³-hybridized carbons (Fsp3) is 0.304. The number of para-hydroxylation sites is 1. The van der Waals surface area contributed by atoms with Gasteiger partial charge in [-0.2, -0.15) is 0 Å². The number of benzene rings is 2. The predicted octanol–water partition coefficient (Wildman–Crippen LogP) is 5.10. The van der Waals surface area contributed by atoms with E-state index in [4.69, 9.17) is 13.9 Å². The van der Waals surface area contributed by atoms with Crippen molar-refractivity contribution >= 4 is 10.9 Å². The van der Waals surface area contributed by atoms with Crippen molar-refractivity contribution in [1.29, 1.82) is 0 Å². The normalized spacial score (nSPS) is 11.1. The Kier molecular flexibility index (Phi) is 5.51. The van der Waals surface area contributed by atoms with E-state index < -0.39 is 0 Å². The van der Waals surface area contributed by atoms with Gasteiger partial charge in [-0.15, -0.1) is 10.2 Å². The highest BCUT2D eigenvalue weighted by Crippen LogP contribution is 2.30. The van der Waals surface area contributed by atoms with Crippen LogP contribution in [-0.2, 0) is 13.0 Å². The van der Waals surface area contributed by atoms with Gasteiger partial charge in [-0.3, -0.25) is 0 Å². The Morgan fingerprint density at radius 2 is 1.72 bits per heavy atom. The lowest BCUT2D eigenvalue weighted by Gasteiger charge is -2.12. The fourth-order valence-corrected chi connectivity index (χ4v) is 3.48. The van der Waals surface area contributed by atoms with Gasteiger partial charge < -0.3 is 18.5 Å². The summed E-state index contributed by atoms with van der Waals surface area (Å²) in [5, 5.41) is 9.68. The van der Waals surface area contributed by atoms with Gasteiger partial charge >= 0.3 is 0 Å². The van der Waals surface area contributed by atoms with Crippen molar-refractivity contribution in [1.82, 2.24) is 14.8 Å². The van der Waals surface area contributed by atoms with E-state index in [0.29, 0.717) is 18.3 Å². The molecule has 0 aliphatic carbocycles. The third-order valence-electron chi connectivity index (χ3n) is 4.99. The number of hydrogen-bond acceptors (Lipinski definition) is 5. The average Bonchev–Trinajstić information content (AvgIpc) is 3.37. The molecule has 0 spiro atoms. The van der Waals surface area contributed by atoms with E-state index in [9.17, 15) is 0 Å². The van der Waals surface area contributed by atoms with Crippen molar-refractivity contribution in [3.63, 3.8) is 0 Å². The first-order valence-corrected chi connectivity index (χ1v) is 9.84. The molecule has 0 aliphatic rings. The van der Waals surface area contributed by atoms with Crippen LogP contribution in [0.1, 0.15) is 31.2 Å². The quantitative estimate of drug-likeness (QED) is 0.418. The van der Waals surface area contributed by atoms with E-state index in [1.54, 1.807) is 14.2 Å². The monoisotopic (exact) mass is 391 g/mol. The standard InChI is InChI=1S/C23H25N3O3/c1-4-5-10-22-24-25-23(29-22)21-13-17-8-6-7-9-20(17)26(21)15-16-11-18(27-2)14-19(12-16)28-3/h6-9,11-14H,4-5,10,15H2,1-3H3. The zero-order chi connectivity index (χ0) is 20.2. The lowest BCUT2D eigenvalue weighted by Crippen LogP contribution is -2.03. The third-order valence-corrected chi connectivity index (χ3v) is 4.99. The van der Waals surface area contributed by atoms with Crippen LogP contribution in [0, 0.1) is 0 Å². The first kappa shape index (κ1) is 19.1. The van der Waals surface area contributed by atoms with Crippen molar-refractivity contribution in [2.45, 2.75) is 32.7 Å². The number of hydrogen-bond donors (Lipinski definition) is 0. The summed E-state index contributed by atoms with van der Waals surface area (Å²) in [6.07, 6.45) is 2.93. The van der Waals surface area contributed by atoms with Gasteiger partial charge in [0, 0.05) is 29.9 Å². The van der Waals surface area contributed by atoms with Crippen LogP contribution < -0.4 is 9.47 Å². The maximum absolute atomic E-state index is 5.98. The number of fused-ring (bicyclic) bond motifs is 1. The zero-order valence-electron chi connectivity index (χ0n) is 17.0. The molecule has 6 nitrogen and oxygen atoms in total. The van der Waals surface area contributed by atoms with E-state index in [0.717, 1.165) is 52.9 Å². The molecule has 0 bridgehead atoms. The highest BCUT2D eigenvalue weighted by molar-refractivity contribution is 5.85. The van der Waals surface area contributed by atoms with E-state index in [-0.39, 0.29) is 0 Å². The van der Waals surface area contributed by atoms with Crippen molar-refractivity contribution in [2.75, 3.05) is 14.2 Å². The molecule has 0 radical (unpaired) electrons. The molecule has 0 N–H and O–H groups in total. The van der Waals surface area contributed by atoms with Gasteiger partial charge in [0.25, 0.3) is 5.89 Å². The lowest BCUT2D eigenvalue weighted by molar-refractivity contribution is 0.393. The number of nitrogens with zero attached hydrogens (tertiary/aromatic N) is 3. The molecular formula is C23H25N3O3. The van der Waals surface area contributed by atoms with Gasteiger partial charge in [0.1, 0.15) is 17.2 Å². The van der Waals surface area contributed by atoms with Gasteiger partial charge in [0.05, 0.1) is 14.2 Å². The van der Waals surface area contributed by atoms with Crippen molar-refractivity contribution in [3.8, 4) is 23.1 Å². The Labute approximate surface area is 170 Å². The minimum Gasteiger partial charge on any atom is -0.497 e. The number of aromatic nitrogens is 3. The van der Waals surface area contributed by atoms with Gasteiger partial charge in [-0.25, -0.2) is 0 Å². The fourth-order valence-electron chi connectivity index (χ4n) is 3.48. The van der Waals surface area contributed by atoms with E-state index in [1.165, 1.54) is 0 Å². The van der Waals surface area contributed by atoms with Gasteiger partial charge in [-0.1, -0.05) is 31.5 Å². The maximum Gasteiger partial charge on any atom is 0.264 e. The Morgan fingerprint density at radius 1 is 0.966 bits per heavy atom. The molecule has 6 heteroatoms. The SMILES string of the molecule is CCCCc1nnc(-c2cc3ccccc3n2Cc2cc(OC)cc(OC)c2)o1. The van der Waals surface area contributed by atoms with Crippen LogP contribution in [0.2, 0.25) is 0 Å². The second-order valence-electron chi connectivity index (χ2n) is 7.00. The minimum atomic E-state index is 0.544. The minimum absolute atomic E-state index is 0.544. The molecule has 0 amide bonds. The molecule has 0 atom stereocenters. The Balaban J connectivity index is 1.77. The van der Waals surface area contributed by atoms with Gasteiger partial charge in [-0.05, 0) is 36.2 Å². The number of unbranched alkanes of at least 4 members (excludes halogenated alkanes) is 1. The molecule has 0 fully saturated rings. The molecule has 150 valence electrons. The molecule has 2 aromatic carbocycles. The summed E-state index contributed by atoms with van der Waals surface area (Å²) >= 11 is 0. The van der Waals surface area contributed by atoms with Crippen LogP contribution in [-0.4, -0.2) is 29.0 Å². The average molecular weight is 391 g/mol. The molecular weight excluding hydrogens is 366 g/mol. The first-order valence-electron chi connectivity index (χ1n) is 9.84. The summed E-state index contributed by atoms with van der Waals surface area (Å²) in [7, 11) is 3.32. The molecule has 4 rings (SSSR count). The molecule has 2 aromatic heterocycles. The summed E-state index contributed by atoms with van der Waals surface area (Å²) in [6, 6.07) is 16.3. The largest absolute Gasteiger partial charge is 0.497 e. The molecule has 0 unspecified atom stereocenters. The molecule has 29 heavy (non-hydrogen) atoms. The number of rotatable bonds is 8. The van der Waals surface area contributed by atoms with Crippen LogP contribution in [0.5, 0.6) is 11.5 Å². The maximum atomic E-state index is 5.98. The van der Waals surface area contributed by atoms with E-state index in [1.807, 2.05) is 30.3 Å². The summed E-state index contributed by atoms with van der Waals surface area (Å²) in [6.45, 7) is 2.78. The predicted molar refractivity (Wildman–Crippen MR) is 112 cm³/mol. The highest BCUT2D eigenvalue weighted by Gasteiger charge is 2.17.